The van der Waals surface area contributed by atoms with Crippen molar-refractivity contribution in [3.05, 3.63) is 109 Å². The standard InChI is InChI=1S/C65H112NO8P/c1-6-8-10-12-14-16-18-20-22-24-26-28-30-31-32-33-34-35-36-38-40-42-44-46-48-50-52-54-56-58-65(68)74-63(62-73-75(69,70)72-60-59-66(3,4)5)61-71-64(67)57-55-53-51-49-47-45-43-41-39-37-29-27-25-23-21-19-17-15-13-11-9-7-2/h8,10,14,16,20,22,26,28,31-32,34-35,38,40,44,46,50,52,63H,6-7,9,11-13,15,17-19,21,23-25,27,29-30,33,36-37,39,41-43,45,47-49,51,53-62H2,1-5H3/p+1/b10-8-,16-14-,22-20-,28-26-,32-31-,35-34-,40-38-,46-44-,52-50-. The van der Waals surface area contributed by atoms with Crippen molar-refractivity contribution in [3.8, 4) is 0 Å². The minimum absolute atomic E-state index is 0.0162. The first-order chi connectivity index (χ1) is 36.5. The molecule has 2 unspecified atom stereocenters. The van der Waals surface area contributed by atoms with Crippen LogP contribution in [0.1, 0.15) is 239 Å². The fourth-order valence-corrected chi connectivity index (χ4v) is 8.70. The molecule has 0 aliphatic heterocycles. The third-order valence-electron chi connectivity index (χ3n) is 12.6. The van der Waals surface area contributed by atoms with Crippen molar-refractivity contribution in [2.45, 2.75) is 245 Å². The average Bonchev–Trinajstić information content (AvgIpc) is 3.37. The minimum atomic E-state index is -4.41. The molecule has 0 aromatic heterocycles. The van der Waals surface area contributed by atoms with E-state index in [1.807, 2.05) is 21.1 Å². The van der Waals surface area contributed by atoms with Gasteiger partial charge in [0, 0.05) is 12.8 Å². The molecule has 1 N–H and O–H groups in total. The van der Waals surface area contributed by atoms with E-state index < -0.39 is 26.5 Å². The second kappa shape index (κ2) is 55.4. The van der Waals surface area contributed by atoms with Gasteiger partial charge in [-0.25, -0.2) is 4.57 Å². The first kappa shape index (κ1) is 71.7. The Bertz CT molecular complexity index is 1630. The van der Waals surface area contributed by atoms with Crippen molar-refractivity contribution in [1.29, 1.82) is 0 Å². The topological polar surface area (TPSA) is 108 Å². The predicted molar refractivity (Wildman–Crippen MR) is 321 cm³/mol. The molecule has 0 amide bonds. The van der Waals surface area contributed by atoms with Gasteiger partial charge in [0.25, 0.3) is 0 Å². The fraction of sp³-hybridized carbons (Fsp3) is 0.692. The van der Waals surface area contributed by atoms with Crippen LogP contribution in [0.5, 0.6) is 0 Å². The average molecular weight is 1070 g/mol. The van der Waals surface area contributed by atoms with E-state index in [1.54, 1.807) is 0 Å². The molecule has 0 saturated carbocycles. The van der Waals surface area contributed by atoms with Crippen molar-refractivity contribution in [2.75, 3.05) is 47.5 Å². The maximum absolute atomic E-state index is 12.8. The van der Waals surface area contributed by atoms with E-state index in [2.05, 4.69) is 123 Å². The lowest BCUT2D eigenvalue weighted by atomic mass is 10.0. The van der Waals surface area contributed by atoms with E-state index in [0.29, 0.717) is 23.9 Å². The highest BCUT2D eigenvalue weighted by Gasteiger charge is 2.27. The molecule has 0 saturated heterocycles. The molecule has 0 rings (SSSR count). The van der Waals surface area contributed by atoms with Crippen LogP contribution >= 0.6 is 7.82 Å². The van der Waals surface area contributed by atoms with Crippen molar-refractivity contribution in [3.63, 3.8) is 0 Å². The van der Waals surface area contributed by atoms with Crippen LogP contribution in [-0.2, 0) is 32.7 Å². The SMILES string of the molecule is CC/C=C\C/C=C\C/C=C\C/C=C\C/C=C\C/C=C\C/C=C\C/C=C\C/C=C\CCCC(=O)OC(COC(=O)CCCCCCCCCCCCCCCCCCCCCCCC)COP(=O)(O)OCC[N+](C)(C)C. The number of nitrogens with zero attached hydrogens (tertiary/aromatic N) is 1. The smallest absolute Gasteiger partial charge is 0.462 e. The highest BCUT2D eigenvalue weighted by Crippen LogP contribution is 2.43. The van der Waals surface area contributed by atoms with Crippen molar-refractivity contribution in [2.24, 2.45) is 0 Å². The molecule has 75 heavy (non-hydrogen) atoms. The van der Waals surface area contributed by atoms with Crippen LogP contribution in [0.2, 0.25) is 0 Å². The van der Waals surface area contributed by atoms with Crippen LogP contribution in [0, 0.1) is 0 Å². The number of carbonyl (C=O) groups excluding carboxylic acids is 2. The molecule has 2 atom stereocenters. The van der Waals surface area contributed by atoms with Gasteiger partial charge in [0.15, 0.2) is 6.10 Å². The summed E-state index contributed by atoms with van der Waals surface area (Å²) in [5, 5.41) is 0. The van der Waals surface area contributed by atoms with E-state index in [9.17, 15) is 19.0 Å². The number of allylic oxidation sites excluding steroid dienone is 18. The van der Waals surface area contributed by atoms with Gasteiger partial charge < -0.3 is 18.9 Å². The molecule has 0 aromatic carbocycles. The Morgan fingerprint density at radius 3 is 1.12 bits per heavy atom. The first-order valence-corrected chi connectivity index (χ1v) is 31.6. The van der Waals surface area contributed by atoms with Gasteiger partial charge in [0.2, 0.25) is 0 Å². The molecule has 9 nitrogen and oxygen atoms in total. The second-order valence-electron chi connectivity index (χ2n) is 21.0. The van der Waals surface area contributed by atoms with Crippen molar-refractivity contribution >= 4 is 19.8 Å². The minimum Gasteiger partial charge on any atom is -0.462 e. The highest BCUT2D eigenvalue weighted by atomic mass is 31.2. The number of phosphoric acid groups is 1. The van der Waals surface area contributed by atoms with Gasteiger partial charge in [-0.05, 0) is 77.0 Å². The Morgan fingerprint density at radius 2 is 0.760 bits per heavy atom. The number of likely N-dealkylation sites (N-methyl/N-ethyl adjacent to an activating group) is 1. The van der Waals surface area contributed by atoms with Crippen LogP contribution in [0.25, 0.3) is 0 Å². The zero-order valence-corrected chi connectivity index (χ0v) is 49.6. The van der Waals surface area contributed by atoms with Crippen LogP contribution in [0.4, 0.5) is 0 Å². The molecule has 0 aliphatic carbocycles. The van der Waals surface area contributed by atoms with E-state index in [1.165, 1.54) is 122 Å². The zero-order chi connectivity index (χ0) is 54.9. The number of hydrogen-bond acceptors (Lipinski definition) is 7. The number of rotatable bonds is 54. The molecule has 0 radical (unpaired) electrons. The van der Waals surface area contributed by atoms with Crippen LogP contribution < -0.4 is 0 Å². The molecule has 0 fully saturated rings. The van der Waals surface area contributed by atoms with Gasteiger partial charge in [0.05, 0.1) is 27.7 Å². The summed E-state index contributed by atoms with van der Waals surface area (Å²) in [6.07, 6.45) is 77.4. The molecule has 0 spiro atoms. The number of esters is 2. The van der Waals surface area contributed by atoms with Gasteiger partial charge in [-0.2, -0.15) is 0 Å². The summed E-state index contributed by atoms with van der Waals surface area (Å²) in [4.78, 5) is 35.7. The van der Waals surface area contributed by atoms with E-state index in [-0.39, 0.29) is 32.0 Å². The summed E-state index contributed by atoms with van der Waals surface area (Å²) in [5.74, 6) is -0.867. The third kappa shape index (κ3) is 59.8. The summed E-state index contributed by atoms with van der Waals surface area (Å²) in [6.45, 7) is 4.27. The van der Waals surface area contributed by atoms with Crippen molar-refractivity contribution < 1.29 is 42.1 Å². The quantitative estimate of drug-likeness (QED) is 0.0211. The number of ether oxygens (including phenoxy) is 2. The zero-order valence-electron chi connectivity index (χ0n) is 48.7. The molecule has 0 bridgehead atoms. The van der Waals surface area contributed by atoms with E-state index >= 15 is 0 Å². The van der Waals surface area contributed by atoms with Crippen molar-refractivity contribution in [1.82, 2.24) is 0 Å². The molecule has 0 heterocycles. The predicted octanol–water partition coefficient (Wildman–Crippen LogP) is 19.0. The van der Waals surface area contributed by atoms with E-state index in [0.717, 1.165) is 77.0 Å². The molecule has 10 heteroatoms. The number of carbonyl (C=O) groups is 2. The second-order valence-corrected chi connectivity index (χ2v) is 22.5. The van der Waals surface area contributed by atoms with Crippen LogP contribution in [0.3, 0.4) is 0 Å². The van der Waals surface area contributed by atoms with Gasteiger partial charge in [-0.1, -0.05) is 258 Å². The van der Waals surface area contributed by atoms with E-state index in [4.69, 9.17) is 18.5 Å². The summed E-state index contributed by atoms with van der Waals surface area (Å²) in [5.41, 5.74) is 0. The molecular weight excluding hydrogens is 954 g/mol. The molecule has 430 valence electrons. The monoisotopic (exact) mass is 1070 g/mol. The first-order valence-electron chi connectivity index (χ1n) is 30.1. The van der Waals surface area contributed by atoms with Gasteiger partial charge in [-0.15, -0.1) is 0 Å². The Kier molecular flexibility index (Phi) is 53.0. The maximum Gasteiger partial charge on any atom is 0.472 e. The molecular formula is C65H113NO8P+. The molecule has 0 aliphatic rings. The maximum atomic E-state index is 12.8. The number of hydrogen-bond donors (Lipinski definition) is 1. The number of phosphoric ester groups is 1. The third-order valence-corrected chi connectivity index (χ3v) is 13.6. The lowest BCUT2D eigenvalue weighted by Gasteiger charge is -2.24. The Balaban J connectivity index is 4.29. The molecule has 0 aromatic rings. The summed E-state index contributed by atoms with van der Waals surface area (Å²) in [6, 6.07) is 0. The fourth-order valence-electron chi connectivity index (χ4n) is 7.96. The lowest BCUT2D eigenvalue weighted by Crippen LogP contribution is -2.37. The van der Waals surface area contributed by atoms with Gasteiger partial charge in [0.1, 0.15) is 19.8 Å². The number of quaternary nitrogens is 1. The van der Waals surface area contributed by atoms with Gasteiger partial charge in [-0.3, -0.25) is 18.6 Å². The summed E-state index contributed by atoms with van der Waals surface area (Å²) >= 11 is 0. The van der Waals surface area contributed by atoms with Crippen LogP contribution in [-0.4, -0.2) is 74.9 Å². The Hall–Kier alpha value is -3.33. The summed E-state index contributed by atoms with van der Waals surface area (Å²) in [7, 11) is 1.43. The Morgan fingerprint density at radius 1 is 0.427 bits per heavy atom. The normalized spacial score (nSPS) is 14.1. The lowest BCUT2D eigenvalue weighted by molar-refractivity contribution is -0.870. The van der Waals surface area contributed by atoms with Crippen LogP contribution in [0.15, 0.2) is 109 Å². The van der Waals surface area contributed by atoms with Gasteiger partial charge >= 0.3 is 19.8 Å². The number of unbranched alkanes of at least 4 members (excludes halogenated alkanes) is 22. The highest BCUT2D eigenvalue weighted by molar-refractivity contribution is 7.47. The summed E-state index contributed by atoms with van der Waals surface area (Å²) < 4.78 is 34.5. The largest absolute Gasteiger partial charge is 0.472 e. The Labute approximate surface area is 461 Å².